The molecule has 0 unspecified atom stereocenters. The van der Waals surface area contributed by atoms with Crippen LogP contribution in [0.2, 0.25) is 5.02 Å². The van der Waals surface area contributed by atoms with E-state index in [1.807, 2.05) is 0 Å². The van der Waals surface area contributed by atoms with Crippen LogP contribution >= 0.6 is 27.5 Å². The molecule has 0 radical (unpaired) electrons. The van der Waals surface area contributed by atoms with Crippen LogP contribution in [0.3, 0.4) is 0 Å². The van der Waals surface area contributed by atoms with Gasteiger partial charge in [0.05, 0.1) is 5.02 Å². The lowest BCUT2D eigenvalue weighted by molar-refractivity contribution is -0.160. The molecule has 1 saturated carbocycles. The maximum Gasteiger partial charge on any atom is 0.407 e. The molecule has 0 aliphatic heterocycles. The molecule has 0 atom stereocenters. The molecule has 106 valence electrons. The Bertz CT molecular complexity index is 614. The van der Waals surface area contributed by atoms with Gasteiger partial charge in [-0.25, -0.2) is 8.42 Å². The van der Waals surface area contributed by atoms with Crippen molar-refractivity contribution in [1.82, 2.24) is 4.72 Å². The average molecular weight is 379 g/mol. The molecule has 2 rings (SSSR count). The minimum atomic E-state index is -4.61. The predicted molar refractivity (Wildman–Crippen MR) is 67.5 cm³/mol. The summed E-state index contributed by atoms with van der Waals surface area (Å²) in [4.78, 5) is -0.368. The zero-order valence-electron chi connectivity index (χ0n) is 9.26. The molecule has 19 heavy (non-hydrogen) atoms. The predicted octanol–water partition coefficient (Wildman–Crippen LogP) is 3.48. The topological polar surface area (TPSA) is 46.2 Å². The molecule has 0 saturated heterocycles. The summed E-state index contributed by atoms with van der Waals surface area (Å²) in [6.07, 6.45) is -5.13. The quantitative estimate of drug-likeness (QED) is 0.875. The number of benzene rings is 1. The van der Waals surface area contributed by atoms with E-state index in [0.29, 0.717) is 4.47 Å². The molecule has 0 spiro atoms. The van der Waals surface area contributed by atoms with Gasteiger partial charge in [0.2, 0.25) is 10.0 Å². The van der Waals surface area contributed by atoms with Gasteiger partial charge in [-0.2, -0.15) is 17.9 Å². The van der Waals surface area contributed by atoms with Crippen LogP contribution in [-0.4, -0.2) is 20.1 Å². The van der Waals surface area contributed by atoms with Gasteiger partial charge < -0.3 is 0 Å². The fourth-order valence-electron chi connectivity index (χ4n) is 1.57. The van der Waals surface area contributed by atoms with Gasteiger partial charge in [0.1, 0.15) is 10.4 Å². The summed E-state index contributed by atoms with van der Waals surface area (Å²) in [5.74, 6) is 0. The number of sulfonamides is 1. The average Bonchev–Trinajstić information content (AvgIpc) is 2.96. The molecular formula is C10H8BrClF3NO2S. The third kappa shape index (κ3) is 2.91. The fourth-order valence-corrected chi connectivity index (χ4v) is 4.06. The van der Waals surface area contributed by atoms with Gasteiger partial charge in [-0.15, -0.1) is 0 Å². The van der Waals surface area contributed by atoms with Gasteiger partial charge >= 0.3 is 6.18 Å². The van der Waals surface area contributed by atoms with Crippen LogP contribution in [0.25, 0.3) is 0 Å². The van der Waals surface area contributed by atoms with Crippen molar-refractivity contribution >= 4 is 37.6 Å². The van der Waals surface area contributed by atoms with Crippen molar-refractivity contribution in [3.63, 3.8) is 0 Å². The van der Waals surface area contributed by atoms with Crippen LogP contribution in [-0.2, 0) is 10.0 Å². The molecule has 9 heteroatoms. The van der Waals surface area contributed by atoms with Gasteiger partial charge in [0.15, 0.2) is 0 Å². The first-order chi connectivity index (χ1) is 8.57. The first kappa shape index (κ1) is 15.1. The summed E-state index contributed by atoms with van der Waals surface area (Å²) in [6.45, 7) is 0. The molecule has 1 aliphatic rings. The molecular weight excluding hydrogens is 371 g/mol. The third-order valence-electron chi connectivity index (χ3n) is 2.81. The van der Waals surface area contributed by atoms with Crippen LogP contribution < -0.4 is 4.72 Å². The van der Waals surface area contributed by atoms with E-state index in [0.717, 1.165) is 6.07 Å². The number of halogens is 5. The van der Waals surface area contributed by atoms with E-state index in [4.69, 9.17) is 11.6 Å². The number of rotatable bonds is 3. The van der Waals surface area contributed by atoms with Crippen molar-refractivity contribution in [3.05, 3.63) is 27.7 Å². The van der Waals surface area contributed by atoms with Gasteiger partial charge in [-0.3, -0.25) is 0 Å². The third-order valence-corrected chi connectivity index (χ3v) is 5.32. The van der Waals surface area contributed by atoms with E-state index in [1.165, 1.54) is 12.1 Å². The van der Waals surface area contributed by atoms with Gasteiger partial charge in [-0.05, 0) is 31.0 Å². The van der Waals surface area contributed by atoms with E-state index < -0.39 is 21.7 Å². The van der Waals surface area contributed by atoms with Gasteiger partial charge in [0, 0.05) is 4.47 Å². The highest BCUT2D eigenvalue weighted by Crippen LogP contribution is 2.49. The zero-order chi connectivity index (χ0) is 14.5. The van der Waals surface area contributed by atoms with Crippen LogP contribution in [0.5, 0.6) is 0 Å². The monoisotopic (exact) mass is 377 g/mol. The Morgan fingerprint density at radius 1 is 1.32 bits per heavy atom. The van der Waals surface area contributed by atoms with Crippen molar-refractivity contribution in [2.24, 2.45) is 0 Å². The molecule has 1 N–H and O–H groups in total. The smallest absolute Gasteiger partial charge is 0.207 e. The van der Waals surface area contributed by atoms with E-state index in [2.05, 4.69) is 15.9 Å². The summed E-state index contributed by atoms with van der Waals surface area (Å²) >= 11 is 8.84. The molecule has 1 aliphatic carbocycles. The second kappa shape index (κ2) is 4.61. The Labute approximate surface area is 121 Å². The Morgan fingerprint density at radius 2 is 1.89 bits per heavy atom. The van der Waals surface area contributed by atoms with E-state index in [1.54, 1.807) is 4.72 Å². The van der Waals surface area contributed by atoms with E-state index in [9.17, 15) is 21.6 Å². The SMILES string of the molecule is O=S(=O)(NC1(C(F)(F)F)CC1)c1ccc(Br)cc1Cl. The van der Waals surface area contributed by atoms with Crippen LogP contribution in [0.4, 0.5) is 13.2 Å². The summed E-state index contributed by atoms with van der Waals surface area (Å²) in [7, 11) is -4.31. The maximum atomic E-state index is 12.7. The van der Waals surface area contributed by atoms with Crippen LogP contribution in [0.1, 0.15) is 12.8 Å². The number of hydrogen-bond acceptors (Lipinski definition) is 2. The molecule has 0 amide bonds. The Morgan fingerprint density at radius 3 is 2.32 bits per heavy atom. The minimum absolute atomic E-state index is 0.139. The highest BCUT2D eigenvalue weighted by molar-refractivity contribution is 9.10. The lowest BCUT2D eigenvalue weighted by Gasteiger charge is -2.21. The Kier molecular flexibility index (Phi) is 3.66. The number of nitrogens with one attached hydrogen (secondary N) is 1. The zero-order valence-corrected chi connectivity index (χ0v) is 12.4. The normalized spacial score (nSPS) is 18.4. The summed E-state index contributed by atoms with van der Waals surface area (Å²) in [5, 5.41) is -0.139. The van der Waals surface area contributed by atoms with Crippen LogP contribution in [0, 0.1) is 0 Å². The largest absolute Gasteiger partial charge is 0.407 e. The summed E-state index contributed by atoms with van der Waals surface area (Å²) in [5.41, 5.74) is -2.35. The molecule has 1 aromatic rings. The molecule has 3 nitrogen and oxygen atoms in total. The van der Waals surface area contributed by atoms with Crippen LogP contribution in [0.15, 0.2) is 27.6 Å². The molecule has 0 heterocycles. The number of hydrogen-bond donors (Lipinski definition) is 1. The van der Waals surface area contributed by atoms with Crippen molar-refractivity contribution in [1.29, 1.82) is 0 Å². The first-order valence-electron chi connectivity index (χ1n) is 5.13. The molecule has 1 fully saturated rings. The standard InChI is InChI=1S/C10H8BrClF3NO2S/c11-6-1-2-8(7(12)5-6)19(17,18)16-9(3-4-9)10(13,14)15/h1-2,5,16H,3-4H2. The van der Waals surface area contributed by atoms with E-state index in [-0.39, 0.29) is 22.8 Å². The van der Waals surface area contributed by atoms with Crippen molar-refractivity contribution in [3.8, 4) is 0 Å². The van der Waals surface area contributed by atoms with Crippen molar-refractivity contribution in [2.75, 3.05) is 0 Å². The Hall–Kier alpha value is -0.310. The van der Waals surface area contributed by atoms with E-state index >= 15 is 0 Å². The molecule has 1 aromatic carbocycles. The number of alkyl halides is 3. The van der Waals surface area contributed by atoms with Gasteiger partial charge in [-0.1, -0.05) is 27.5 Å². The summed E-state index contributed by atoms with van der Waals surface area (Å²) < 4.78 is 64.4. The van der Waals surface area contributed by atoms with Crippen molar-refractivity contribution < 1.29 is 21.6 Å². The lowest BCUT2D eigenvalue weighted by atomic mass is 10.3. The fraction of sp³-hybridized carbons (Fsp3) is 0.400. The second-order valence-electron chi connectivity index (χ2n) is 4.26. The highest BCUT2D eigenvalue weighted by atomic mass is 79.9. The van der Waals surface area contributed by atoms with Gasteiger partial charge in [0.25, 0.3) is 0 Å². The maximum absolute atomic E-state index is 12.7. The summed E-state index contributed by atoms with van der Waals surface area (Å²) in [6, 6.07) is 3.86. The molecule has 0 bridgehead atoms. The first-order valence-corrected chi connectivity index (χ1v) is 7.79. The van der Waals surface area contributed by atoms with Crippen molar-refractivity contribution in [2.45, 2.75) is 29.5 Å². The minimum Gasteiger partial charge on any atom is -0.207 e. The molecule has 0 aromatic heterocycles. The Balaban J connectivity index is 2.34. The highest BCUT2D eigenvalue weighted by Gasteiger charge is 2.65. The second-order valence-corrected chi connectivity index (χ2v) is 7.23. The lowest BCUT2D eigenvalue weighted by Crippen LogP contribution is -2.47.